The van der Waals surface area contributed by atoms with E-state index in [1.54, 1.807) is 23.5 Å². The van der Waals surface area contributed by atoms with Gasteiger partial charge in [-0.15, -0.1) is 11.3 Å². The minimum Gasteiger partial charge on any atom is -0.363 e. The maximum Gasteiger partial charge on any atom is 0.141 e. The van der Waals surface area contributed by atoms with Crippen molar-refractivity contribution in [3.63, 3.8) is 0 Å². The average molecular weight is 445 g/mol. The molecule has 0 unspecified atom stereocenters. The Morgan fingerprint density at radius 1 is 1.22 bits per heavy atom. The Kier molecular flexibility index (Phi) is 4.97. The number of fused-ring (bicyclic) bond motifs is 1. The molecule has 0 saturated heterocycles. The largest absolute Gasteiger partial charge is 0.363 e. The van der Waals surface area contributed by atoms with Crippen LogP contribution in [-0.4, -0.2) is 14.4 Å². The maximum atomic E-state index is 13.1. The summed E-state index contributed by atoms with van der Waals surface area (Å²) in [5, 5.41) is 6.47. The summed E-state index contributed by atoms with van der Waals surface area (Å²) in [5.41, 5.74) is 4.90. The Morgan fingerprint density at radius 3 is 2.74 bits per heavy atom. The number of pyridine rings is 1. The second-order valence-corrected chi connectivity index (χ2v) is 8.14. The molecule has 0 aliphatic heterocycles. The molecule has 0 atom stereocenters. The van der Waals surface area contributed by atoms with Gasteiger partial charge in [0.2, 0.25) is 0 Å². The van der Waals surface area contributed by atoms with Crippen LogP contribution in [0.2, 0.25) is 0 Å². The number of nitrogens with zero attached hydrogens (tertiary/aromatic N) is 3. The Morgan fingerprint density at radius 2 is 2.00 bits per heavy atom. The Balaban J connectivity index is 1.60. The molecule has 1 aromatic carbocycles. The zero-order valence-corrected chi connectivity index (χ0v) is 17.4. The van der Waals surface area contributed by atoms with Crippen molar-refractivity contribution in [2.45, 2.75) is 26.8 Å². The number of aromatic nitrogens is 3. The highest BCUT2D eigenvalue weighted by Crippen LogP contribution is 2.26. The van der Waals surface area contributed by atoms with Crippen molar-refractivity contribution in [3.8, 4) is 11.3 Å². The molecule has 138 valence electrons. The molecule has 4 aromatic rings. The number of aryl methyl sites for hydroxylation is 2. The van der Waals surface area contributed by atoms with E-state index in [0.29, 0.717) is 6.54 Å². The number of thiazole rings is 1. The van der Waals surface area contributed by atoms with Gasteiger partial charge in [0.15, 0.2) is 0 Å². The topological polar surface area (TPSA) is 42.2 Å². The van der Waals surface area contributed by atoms with Gasteiger partial charge in [0.05, 0.1) is 17.9 Å². The lowest BCUT2D eigenvalue weighted by molar-refractivity contribution is 0.628. The van der Waals surface area contributed by atoms with E-state index in [0.717, 1.165) is 49.9 Å². The smallest absolute Gasteiger partial charge is 0.141 e. The van der Waals surface area contributed by atoms with Crippen LogP contribution in [0.1, 0.15) is 23.2 Å². The molecule has 0 spiro atoms. The first-order valence-electron chi connectivity index (χ1n) is 8.66. The highest BCUT2D eigenvalue weighted by atomic mass is 79.9. The molecular formula is C20H18BrFN4S. The van der Waals surface area contributed by atoms with Gasteiger partial charge in [0, 0.05) is 21.6 Å². The van der Waals surface area contributed by atoms with Gasteiger partial charge >= 0.3 is 0 Å². The van der Waals surface area contributed by atoms with Crippen LogP contribution in [0.15, 0.2) is 46.4 Å². The zero-order valence-electron chi connectivity index (χ0n) is 15.0. The molecule has 0 amide bonds. The highest BCUT2D eigenvalue weighted by molar-refractivity contribution is 9.10. The lowest BCUT2D eigenvalue weighted by Gasteiger charge is -2.07. The summed E-state index contributed by atoms with van der Waals surface area (Å²) < 4.78 is 16.2. The third-order valence-corrected chi connectivity index (χ3v) is 5.66. The SMILES string of the molecule is CCc1nc2c(C)cc(Br)cn2c1NCc1nc(-c2ccc(F)cc2)cs1. The van der Waals surface area contributed by atoms with Crippen LogP contribution >= 0.6 is 27.3 Å². The maximum absolute atomic E-state index is 13.1. The second-order valence-electron chi connectivity index (χ2n) is 6.28. The molecule has 7 heteroatoms. The number of imidazole rings is 1. The first-order chi connectivity index (χ1) is 13.0. The molecule has 0 radical (unpaired) electrons. The van der Waals surface area contributed by atoms with Crippen LogP contribution in [0.25, 0.3) is 16.9 Å². The van der Waals surface area contributed by atoms with Crippen LogP contribution < -0.4 is 5.32 Å². The van der Waals surface area contributed by atoms with Crippen molar-refractivity contribution >= 4 is 38.7 Å². The fourth-order valence-corrected chi connectivity index (χ4v) is 4.34. The number of hydrogen-bond acceptors (Lipinski definition) is 4. The molecule has 1 N–H and O–H groups in total. The van der Waals surface area contributed by atoms with Crippen molar-refractivity contribution < 1.29 is 4.39 Å². The first kappa shape index (κ1) is 18.1. The number of rotatable bonds is 5. The molecule has 3 aromatic heterocycles. The average Bonchev–Trinajstić information content (AvgIpc) is 3.25. The van der Waals surface area contributed by atoms with Crippen LogP contribution in [0, 0.1) is 12.7 Å². The Hall–Kier alpha value is -2.25. The van der Waals surface area contributed by atoms with E-state index in [4.69, 9.17) is 4.98 Å². The fourth-order valence-electron chi connectivity index (χ4n) is 3.05. The van der Waals surface area contributed by atoms with E-state index < -0.39 is 0 Å². The number of hydrogen-bond donors (Lipinski definition) is 1. The molecular weight excluding hydrogens is 427 g/mol. The predicted octanol–water partition coefficient (Wildman–Crippen LogP) is 5.84. The third kappa shape index (κ3) is 3.61. The molecule has 0 fully saturated rings. The van der Waals surface area contributed by atoms with E-state index in [1.807, 2.05) is 11.6 Å². The Bertz CT molecular complexity index is 1100. The van der Waals surface area contributed by atoms with E-state index in [2.05, 4.69) is 50.5 Å². The number of halogens is 2. The number of anilines is 1. The molecule has 0 aliphatic rings. The summed E-state index contributed by atoms with van der Waals surface area (Å²) in [7, 11) is 0. The van der Waals surface area contributed by atoms with Gasteiger partial charge in [-0.05, 0) is 65.2 Å². The molecule has 3 heterocycles. The van der Waals surface area contributed by atoms with E-state index in [1.165, 1.54) is 12.1 Å². The van der Waals surface area contributed by atoms with Gasteiger partial charge < -0.3 is 5.32 Å². The van der Waals surface area contributed by atoms with E-state index in [-0.39, 0.29) is 5.82 Å². The molecule has 27 heavy (non-hydrogen) atoms. The minimum absolute atomic E-state index is 0.239. The lowest BCUT2D eigenvalue weighted by atomic mass is 10.2. The molecule has 4 rings (SSSR count). The van der Waals surface area contributed by atoms with Gasteiger partial charge in [-0.25, -0.2) is 14.4 Å². The van der Waals surface area contributed by atoms with E-state index >= 15 is 0 Å². The normalized spacial score (nSPS) is 11.3. The third-order valence-electron chi connectivity index (χ3n) is 4.38. The van der Waals surface area contributed by atoms with Crippen molar-refractivity contribution in [2.24, 2.45) is 0 Å². The summed E-state index contributed by atoms with van der Waals surface area (Å²) in [5.74, 6) is 0.757. The van der Waals surface area contributed by atoms with Crippen LogP contribution in [0.4, 0.5) is 10.2 Å². The number of benzene rings is 1. The summed E-state index contributed by atoms with van der Waals surface area (Å²) in [6.45, 7) is 4.78. The Labute approximate surface area is 169 Å². The van der Waals surface area contributed by atoms with E-state index in [9.17, 15) is 4.39 Å². The van der Waals surface area contributed by atoms with Crippen molar-refractivity contribution in [3.05, 3.63) is 68.5 Å². The molecule has 0 saturated carbocycles. The second kappa shape index (κ2) is 7.40. The minimum atomic E-state index is -0.239. The first-order valence-corrected chi connectivity index (χ1v) is 10.3. The standard InChI is InChI=1S/C20H18BrFN4S/c1-3-16-20(26-10-14(21)8-12(2)19(26)25-16)23-9-18-24-17(11-27-18)13-4-6-15(22)7-5-13/h4-8,10-11,23H,3,9H2,1-2H3. The summed E-state index contributed by atoms with van der Waals surface area (Å²) in [6, 6.07) is 8.49. The monoisotopic (exact) mass is 444 g/mol. The predicted molar refractivity (Wildman–Crippen MR) is 112 cm³/mol. The molecule has 4 nitrogen and oxygen atoms in total. The van der Waals surface area contributed by atoms with Gasteiger partial charge in [0.1, 0.15) is 22.3 Å². The zero-order chi connectivity index (χ0) is 19.0. The summed E-state index contributed by atoms with van der Waals surface area (Å²) in [4.78, 5) is 9.45. The van der Waals surface area contributed by atoms with Crippen molar-refractivity contribution in [1.29, 1.82) is 0 Å². The van der Waals surface area contributed by atoms with Crippen LogP contribution in [0.5, 0.6) is 0 Å². The van der Waals surface area contributed by atoms with Gasteiger partial charge in [-0.1, -0.05) is 6.92 Å². The van der Waals surface area contributed by atoms with Crippen LogP contribution in [0.3, 0.4) is 0 Å². The van der Waals surface area contributed by atoms with Gasteiger partial charge in [-0.2, -0.15) is 0 Å². The summed E-state index contributed by atoms with van der Waals surface area (Å²) >= 11 is 5.15. The van der Waals surface area contributed by atoms with Gasteiger partial charge in [0.25, 0.3) is 0 Å². The highest BCUT2D eigenvalue weighted by Gasteiger charge is 2.14. The van der Waals surface area contributed by atoms with Crippen molar-refractivity contribution in [1.82, 2.24) is 14.4 Å². The fraction of sp³-hybridized carbons (Fsp3) is 0.200. The quantitative estimate of drug-likeness (QED) is 0.420. The summed E-state index contributed by atoms with van der Waals surface area (Å²) in [6.07, 6.45) is 2.88. The van der Waals surface area contributed by atoms with Crippen molar-refractivity contribution in [2.75, 3.05) is 5.32 Å². The molecule has 0 bridgehead atoms. The number of nitrogens with one attached hydrogen (secondary N) is 1. The van der Waals surface area contributed by atoms with Gasteiger partial charge in [-0.3, -0.25) is 4.40 Å². The lowest BCUT2D eigenvalue weighted by Crippen LogP contribution is -2.04. The van der Waals surface area contributed by atoms with Crippen LogP contribution in [-0.2, 0) is 13.0 Å². The molecule has 0 aliphatic carbocycles.